The summed E-state index contributed by atoms with van der Waals surface area (Å²) < 4.78 is 10.6. The molecular weight excluding hydrogens is 252 g/mol. The van der Waals surface area contributed by atoms with Crippen LogP contribution < -0.4 is 10.1 Å². The van der Waals surface area contributed by atoms with Gasteiger partial charge in [0.05, 0.1) is 12.8 Å². The van der Waals surface area contributed by atoms with Gasteiger partial charge in [-0.15, -0.1) is 0 Å². The molecule has 2 unspecified atom stereocenters. The van der Waals surface area contributed by atoms with Crippen LogP contribution in [0.1, 0.15) is 48.5 Å². The topological polar surface area (TPSA) is 47.3 Å². The van der Waals surface area contributed by atoms with Crippen molar-refractivity contribution in [2.75, 3.05) is 7.11 Å². The number of hydrogen-bond donors (Lipinski definition) is 1. The number of benzene rings is 1. The lowest BCUT2D eigenvalue weighted by Crippen LogP contribution is -2.23. The Kier molecular flexibility index (Phi) is 4.45. The lowest BCUT2D eigenvalue weighted by atomic mass is 10.0. The summed E-state index contributed by atoms with van der Waals surface area (Å²) >= 11 is 0. The number of methoxy groups -OCH3 is 1. The van der Waals surface area contributed by atoms with E-state index in [0.717, 1.165) is 28.3 Å². The first-order chi connectivity index (χ1) is 9.54. The number of ether oxygens (including phenoxy) is 1. The molecule has 2 aromatic rings. The molecular formula is C16H22N2O2. The van der Waals surface area contributed by atoms with E-state index in [4.69, 9.17) is 9.26 Å². The molecule has 1 heterocycles. The highest BCUT2D eigenvalue weighted by molar-refractivity contribution is 5.36. The minimum absolute atomic E-state index is 0.168. The van der Waals surface area contributed by atoms with Gasteiger partial charge in [0.2, 0.25) is 0 Å². The fraction of sp³-hybridized carbons (Fsp3) is 0.438. The zero-order valence-electron chi connectivity index (χ0n) is 12.7. The van der Waals surface area contributed by atoms with Gasteiger partial charge in [-0.05, 0) is 33.8 Å². The molecule has 0 saturated heterocycles. The molecule has 0 aliphatic carbocycles. The molecule has 1 aromatic carbocycles. The van der Waals surface area contributed by atoms with E-state index in [2.05, 4.69) is 30.4 Å². The molecule has 1 N–H and O–H groups in total. The van der Waals surface area contributed by atoms with Crippen molar-refractivity contribution < 1.29 is 9.26 Å². The maximum Gasteiger partial charge on any atom is 0.138 e. The van der Waals surface area contributed by atoms with E-state index >= 15 is 0 Å². The lowest BCUT2D eigenvalue weighted by molar-refractivity contribution is 0.386. The summed E-state index contributed by atoms with van der Waals surface area (Å²) in [6.07, 6.45) is 0. The fourth-order valence-electron chi connectivity index (χ4n) is 2.68. The van der Waals surface area contributed by atoms with Crippen molar-refractivity contribution in [3.05, 3.63) is 46.8 Å². The highest BCUT2D eigenvalue weighted by Gasteiger charge is 2.19. The second-order valence-corrected chi connectivity index (χ2v) is 5.09. The monoisotopic (exact) mass is 274 g/mol. The molecule has 0 saturated carbocycles. The zero-order valence-corrected chi connectivity index (χ0v) is 12.7. The number of aryl methyl sites for hydroxylation is 2. The molecule has 20 heavy (non-hydrogen) atoms. The molecule has 2 atom stereocenters. The Morgan fingerprint density at radius 3 is 2.45 bits per heavy atom. The average Bonchev–Trinajstić information content (AvgIpc) is 2.78. The molecule has 108 valence electrons. The first kappa shape index (κ1) is 14.6. The van der Waals surface area contributed by atoms with E-state index in [-0.39, 0.29) is 12.1 Å². The van der Waals surface area contributed by atoms with Gasteiger partial charge in [0.25, 0.3) is 0 Å². The third-order valence-corrected chi connectivity index (χ3v) is 3.63. The molecule has 0 radical (unpaired) electrons. The van der Waals surface area contributed by atoms with Gasteiger partial charge >= 0.3 is 0 Å². The summed E-state index contributed by atoms with van der Waals surface area (Å²) in [5.74, 6) is 1.77. The molecule has 0 amide bonds. The molecule has 1 aromatic heterocycles. The van der Waals surface area contributed by atoms with E-state index in [1.807, 2.05) is 32.0 Å². The SMILES string of the molecule is COc1ccccc1C(C)NC(C)c1c(C)noc1C. The Balaban J connectivity index is 2.17. The van der Waals surface area contributed by atoms with Gasteiger partial charge < -0.3 is 14.6 Å². The predicted molar refractivity (Wildman–Crippen MR) is 78.9 cm³/mol. The van der Waals surface area contributed by atoms with Crippen LogP contribution in [0.25, 0.3) is 0 Å². The Labute approximate surface area is 120 Å². The molecule has 4 heteroatoms. The predicted octanol–water partition coefficient (Wildman–Crippen LogP) is 3.71. The van der Waals surface area contributed by atoms with Crippen molar-refractivity contribution in [3.63, 3.8) is 0 Å². The molecule has 0 aliphatic rings. The number of hydrogen-bond acceptors (Lipinski definition) is 4. The van der Waals surface area contributed by atoms with Crippen molar-refractivity contribution in [2.24, 2.45) is 0 Å². The van der Waals surface area contributed by atoms with Crippen molar-refractivity contribution in [1.82, 2.24) is 10.5 Å². The number of nitrogens with zero attached hydrogens (tertiary/aromatic N) is 1. The quantitative estimate of drug-likeness (QED) is 0.903. The van der Waals surface area contributed by atoms with Crippen LogP contribution in [0, 0.1) is 13.8 Å². The van der Waals surface area contributed by atoms with Gasteiger partial charge in [0.1, 0.15) is 11.5 Å². The number of para-hydroxylation sites is 1. The van der Waals surface area contributed by atoms with Crippen molar-refractivity contribution in [3.8, 4) is 5.75 Å². The first-order valence-electron chi connectivity index (χ1n) is 6.86. The van der Waals surface area contributed by atoms with E-state index in [0.29, 0.717) is 0 Å². The third-order valence-electron chi connectivity index (χ3n) is 3.63. The summed E-state index contributed by atoms with van der Waals surface area (Å²) in [6.45, 7) is 8.17. The average molecular weight is 274 g/mol. The minimum Gasteiger partial charge on any atom is -0.496 e. The number of aromatic nitrogens is 1. The molecule has 0 fully saturated rings. The van der Waals surface area contributed by atoms with Crippen LogP contribution in [-0.2, 0) is 0 Å². The number of nitrogens with one attached hydrogen (secondary N) is 1. The lowest BCUT2D eigenvalue weighted by Gasteiger charge is -2.22. The summed E-state index contributed by atoms with van der Waals surface area (Å²) in [5.41, 5.74) is 3.22. The molecule has 4 nitrogen and oxygen atoms in total. The van der Waals surface area contributed by atoms with Crippen LogP contribution in [0.3, 0.4) is 0 Å². The zero-order chi connectivity index (χ0) is 14.7. The Bertz CT molecular complexity index is 558. The van der Waals surface area contributed by atoms with Gasteiger partial charge in [-0.3, -0.25) is 0 Å². The second kappa shape index (κ2) is 6.09. The Morgan fingerprint density at radius 1 is 1.15 bits per heavy atom. The van der Waals surface area contributed by atoms with Crippen LogP contribution in [0.4, 0.5) is 0 Å². The highest BCUT2D eigenvalue weighted by atomic mass is 16.5. The van der Waals surface area contributed by atoms with Gasteiger partial charge in [-0.25, -0.2) is 0 Å². The van der Waals surface area contributed by atoms with Crippen LogP contribution in [0.15, 0.2) is 28.8 Å². The normalized spacial score (nSPS) is 14.1. The van der Waals surface area contributed by atoms with E-state index in [1.165, 1.54) is 0 Å². The van der Waals surface area contributed by atoms with Crippen LogP contribution in [0.5, 0.6) is 5.75 Å². The summed E-state index contributed by atoms with van der Waals surface area (Å²) in [7, 11) is 1.70. The van der Waals surface area contributed by atoms with Crippen molar-refractivity contribution in [2.45, 2.75) is 39.8 Å². The molecule has 2 rings (SSSR count). The van der Waals surface area contributed by atoms with Gasteiger partial charge in [-0.1, -0.05) is 23.4 Å². The first-order valence-corrected chi connectivity index (χ1v) is 6.86. The largest absolute Gasteiger partial charge is 0.496 e. The van der Waals surface area contributed by atoms with Crippen molar-refractivity contribution in [1.29, 1.82) is 0 Å². The van der Waals surface area contributed by atoms with E-state index in [1.54, 1.807) is 7.11 Å². The van der Waals surface area contributed by atoms with Crippen molar-refractivity contribution >= 4 is 0 Å². The molecule has 0 spiro atoms. The Morgan fingerprint density at radius 2 is 1.85 bits per heavy atom. The van der Waals surface area contributed by atoms with Crippen LogP contribution >= 0.6 is 0 Å². The standard InChI is InChI=1S/C16H22N2O2/c1-10(14-8-6-7-9-15(14)19-5)17-11(2)16-12(3)18-20-13(16)4/h6-11,17H,1-5H3. The minimum atomic E-state index is 0.168. The maximum atomic E-state index is 5.42. The van der Waals surface area contributed by atoms with Crippen LogP contribution in [-0.4, -0.2) is 12.3 Å². The summed E-state index contributed by atoms with van der Waals surface area (Å²) in [5, 5.41) is 7.59. The number of rotatable bonds is 5. The molecule has 0 aliphatic heterocycles. The van der Waals surface area contributed by atoms with E-state index in [9.17, 15) is 0 Å². The second-order valence-electron chi connectivity index (χ2n) is 5.09. The summed E-state index contributed by atoms with van der Waals surface area (Å²) in [4.78, 5) is 0. The van der Waals surface area contributed by atoms with Gasteiger partial charge in [-0.2, -0.15) is 0 Å². The summed E-state index contributed by atoms with van der Waals surface area (Å²) in [6, 6.07) is 8.41. The van der Waals surface area contributed by atoms with Crippen LogP contribution in [0.2, 0.25) is 0 Å². The fourth-order valence-corrected chi connectivity index (χ4v) is 2.68. The molecule has 0 bridgehead atoms. The smallest absolute Gasteiger partial charge is 0.138 e. The van der Waals surface area contributed by atoms with Gasteiger partial charge in [0, 0.05) is 23.2 Å². The van der Waals surface area contributed by atoms with E-state index < -0.39 is 0 Å². The highest BCUT2D eigenvalue weighted by Crippen LogP contribution is 2.28. The third kappa shape index (κ3) is 2.85. The maximum absolute atomic E-state index is 5.42. The Hall–Kier alpha value is -1.81. The van der Waals surface area contributed by atoms with Gasteiger partial charge in [0.15, 0.2) is 0 Å².